The van der Waals surface area contributed by atoms with Gasteiger partial charge in [-0.05, 0) is 44.9 Å². The van der Waals surface area contributed by atoms with Gasteiger partial charge in [-0.1, -0.05) is 55.0 Å². The molecule has 2 rings (SSSR count). The zero-order valence-corrected chi connectivity index (χ0v) is 18.7. The van der Waals surface area contributed by atoms with E-state index in [-0.39, 0.29) is 17.9 Å². The van der Waals surface area contributed by atoms with Gasteiger partial charge in [-0.2, -0.15) is 0 Å². The molecule has 156 valence electrons. The summed E-state index contributed by atoms with van der Waals surface area (Å²) in [5, 5.41) is 3.00. The van der Waals surface area contributed by atoms with E-state index in [9.17, 15) is 9.59 Å². The van der Waals surface area contributed by atoms with Crippen LogP contribution in [-0.2, 0) is 16.1 Å². The summed E-state index contributed by atoms with van der Waals surface area (Å²) in [6.45, 7) is 8.30. The molecule has 0 aliphatic rings. The van der Waals surface area contributed by atoms with Crippen LogP contribution in [-0.4, -0.2) is 34.6 Å². The highest BCUT2D eigenvalue weighted by Gasteiger charge is 2.26. The van der Waals surface area contributed by atoms with Gasteiger partial charge in [0, 0.05) is 29.7 Å². The molecule has 0 fully saturated rings. The minimum atomic E-state index is -0.514. The molecule has 2 aromatic carbocycles. The van der Waals surface area contributed by atoms with Gasteiger partial charge in [-0.15, -0.1) is 11.8 Å². The summed E-state index contributed by atoms with van der Waals surface area (Å²) < 4.78 is 0. The number of nitrogens with one attached hydrogen (secondary N) is 1. The summed E-state index contributed by atoms with van der Waals surface area (Å²) in [4.78, 5) is 28.6. The number of aryl methyl sites for hydroxylation is 1. The molecule has 29 heavy (non-hydrogen) atoms. The lowest BCUT2D eigenvalue weighted by molar-refractivity contribution is -0.140. The Labute approximate surface area is 179 Å². The van der Waals surface area contributed by atoms with Crippen LogP contribution in [0.5, 0.6) is 0 Å². The number of hydrogen-bond donors (Lipinski definition) is 1. The molecule has 0 saturated carbocycles. The fourth-order valence-electron chi connectivity index (χ4n) is 2.85. The number of rotatable bonds is 10. The van der Waals surface area contributed by atoms with E-state index >= 15 is 0 Å². The molecule has 0 spiro atoms. The van der Waals surface area contributed by atoms with Crippen LogP contribution in [0, 0.1) is 6.92 Å². The molecule has 2 amide bonds. The van der Waals surface area contributed by atoms with Crippen molar-refractivity contribution >= 4 is 23.6 Å². The quantitative estimate of drug-likeness (QED) is 0.570. The van der Waals surface area contributed by atoms with Crippen LogP contribution in [0.4, 0.5) is 0 Å². The molecule has 0 unspecified atom stereocenters. The van der Waals surface area contributed by atoms with Gasteiger partial charge in [-0.3, -0.25) is 9.59 Å². The smallest absolute Gasteiger partial charge is 0.242 e. The second-order valence-electron chi connectivity index (χ2n) is 7.41. The van der Waals surface area contributed by atoms with Crippen LogP contribution >= 0.6 is 11.8 Å². The van der Waals surface area contributed by atoms with E-state index < -0.39 is 6.04 Å². The summed E-state index contributed by atoms with van der Waals surface area (Å²) in [6.07, 6.45) is 1.25. The highest BCUT2D eigenvalue weighted by Crippen LogP contribution is 2.19. The first-order valence-electron chi connectivity index (χ1n) is 10.2. The molecule has 0 aromatic heterocycles. The molecule has 0 saturated heterocycles. The largest absolute Gasteiger partial charge is 0.352 e. The van der Waals surface area contributed by atoms with Crippen LogP contribution in [0.15, 0.2) is 59.5 Å². The molecule has 5 heteroatoms. The molecule has 0 aliphatic heterocycles. The normalized spacial score (nSPS) is 12.8. The Hall–Kier alpha value is -2.27. The molecular weight excluding hydrogens is 380 g/mol. The first-order valence-corrected chi connectivity index (χ1v) is 11.2. The Morgan fingerprint density at radius 2 is 1.69 bits per heavy atom. The fraction of sp³-hybridized carbons (Fsp3) is 0.417. The topological polar surface area (TPSA) is 49.4 Å². The number of benzene rings is 2. The Morgan fingerprint density at radius 1 is 1.03 bits per heavy atom. The molecule has 0 aliphatic carbocycles. The summed E-state index contributed by atoms with van der Waals surface area (Å²) in [5.74, 6) is 0.587. The van der Waals surface area contributed by atoms with Crippen molar-refractivity contribution in [1.29, 1.82) is 0 Å². The SMILES string of the molecule is CC[C@H](C)NC(=O)[C@H](C)N(Cc1ccc(C)cc1)C(=O)CCSc1ccccc1. The lowest BCUT2D eigenvalue weighted by Gasteiger charge is -2.29. The number of hydrogen-bond acceptors (Lipinski definition) is 3. The van der Waals surface area contributed by atoms with E-state index in [4.69, 9.17) is 0 Å². The Bertz CT molecular complexity index is 777. The van der Waals surface area contributed by atoms with Crippen molar-refractivity contribution in [1.82, 2.24) is 10.2 Å². The van der Waals surface area contributed by atoms with Crippen LogP contribution in [0.25, 0.3) is 0 Å². The van der Waals surface area contributed by atoms with Crippen LogP contribution in [0.3, 0.4) is 0 Å². The second-order valence-corrected chi connectivity index (χ2v) is 8.58. The maximum atomic E-state index is 13.0. The van der Waals surface area contributed by atoms with Gasteiger partial charge < -0.3 is 10.2 Å². The molecule has 0 bridgehead atoms. The lowest BCUT2D eigenvalue weighted by Crippen LogP contribution is -2.49. The predicted molar refractivity (Wildman–Crippen MR) is 121 cm³/mol. The molecule has 1 N–H and O–H groups in total. The zero-order chi connectivity index (χ0) is 21.2. The maximum Gasteiger partial charge on any atom is 0.242 e. The zero-order valence-electron chi connectivity index (χ0n) is 17.9. The minimum Gasteiger partial charge on any atom is -0.352 e. The molecular formula is C24H32N2O2S. The third kappa shape index (κ3) is 7.58. The summed E-state index contributed by atoms with van der Waals surface area (Å²) >= 11 is 1.66. The Kier molecular flexibility index (Phi) is 9.26. The van der Waals surface area contributed by atoms with Crippen molar-refractivity contribution in [3.05, 3.63) is 65.7 Å². The summed E-state index contributed by atoms with van der Waals surface area (Å²) in [5.41, 5.74) is 2.20. The third-order valence-electron chi connectivity index (χ3n) is 4.97. The van der Waals surface area contributed by atoms with E-state index in [0.717, 1.165) is 16.9 Å². The van der Waals surface area contributed by atoms with Gasteiger partial charge in [0.15, 0.2) is 0 Å². The van der Waals surface area contributed by atoms with Crippen LogP contribution in [0.2, 0.25) is 0 Å². The van der Waals surface area contributed by atoms with Crippen molar-refractivity contribution in [2.75, 3.05) is 5.75 Å². The number of carbonyl (C=O) groups is 2. The molecule has 0 radical (unpaired) electrons. The number of amides is 2. The second kappa shape index (κ2) is 11.7. The molecule has 0 heterocycles. The summed E-state index contributed by atoms with van der Waals surface area (Å²) in [7, 11) is 0. The Morgan fingerprint density at radius 3 is 2.31 bits per heavy atom. The average Bonchev–Trinajstić information content (AvgIpc) is 2.73. The van der Waals surface area contributed by atoms with Gasteiger partial charge >= 0.3 is 0 Å². The molecule has 2 atom stereocenters. The van der Waals surface area contributed by atoms with E-state index in [1.165, 1.54) is 5.56 Å². The third-order valence-corrected chi connectivity index (χ3v) is 5.98. The van der Waals surface area contributed by atoms with Crippen molar-refractivity contribution in [2.45, 2.75) is 64.1 Å². The van der Waals surface area contributed by atoms with Gasteiger partial charge in [0.2, 0.25) is 11.8 Å². The summed E-state index contributed by atoms with van der Waals surface area (Å²) in [6, 6.07) is 17.7. The number of nitrogens with zero attached hydrogens (tertiary/aromatic N) is 1. The first kappa shape index (κ1) is 23.0. The Balaban J connectivity index is 2.06. The first-order chi connectivity index (χ1) is 13.9. The monoisotopic (exact) mass is 412 g/mol. The standard InChI is InChI=1S/C24H32N2O2S/c1-5-19(3)25-24(28)20(4)26(17-21-13-11-18(2)12-14-21)23(27)15-16-29-22-9-7-6-8-10-22/h6-14,19-20H,5,15-17H2,1-4H3,(H,25,28)/t19-,20-/m0/s1. The average molecular weight is 413 g/mol. The van der Waals surface area contributed by atoms with Crippen LogP contribution in [0.1, 0.15) is 44.7 Å². The van der Waals surface area contributed by atoms with Crippen molar-refractivity contribution in [3.8, 4) is 0 Å². The van der Waals surface area contributed by atoms with E-state index in [1.54, 1.807) is 16.7 Å². The highest BCUT2D eigenvalue weighted by molar-refractivity contribution is 7.99. The fourth-order valence-corrected chi connectivity index (χ4v) is 3.72. The van der Waals surface area contributed by atoms with Crippen molar-refractivity contribution in [2.24, 2.45) is 0 Å². The molecule has 4 nitrogen and oxygen atoms in total. The van der Waals surface area contributed by atoms with Crippen molar-refractivity contribution in [3.63, 3.8) is 0 Å². The minimum absolute atomic E-state index is 0.000748. The van der Waals surface area contributed by atoms with E-state index in [1.807, 2.05) is 82.3 Å². The maximum absolute atomic E-state index is 13.0. The number of thioether (sulfide) groups is 1. The molecule has 2 aromatic rings. The number of carbonyl (C=O) groups excluding carboxylic acids is 2. The lowest BCUT2D eigenvalue weighted by atomic mass is 10.1. The van der Waals surface area contributed by atoms with Gasteiger partial charge in [0.05, 0.1) is 0 Å². The van der Waals surface area contributed by atoms with E-state index in [2.05, 4.69) is 5.32 Å². The van der Waals surface area contributed by atoms with Gasteiger partial charge in [0.25, 0.3) is 0 Å². The highest BCUT2D eigenvalue weighted by atomic mass is 32.2. The van der Waals surface area contributed by atoms with Crippen LogP contribution < -0.4 is 5.32 Å². The van der Waals surface area contributed by atoms with Gasteiger partial charge in [-0.25, -0.2) is 0 Å². The van der Waals surface area contributed by atoms with E-state index in [0.29, 0.717) is 18.7 Å². The predicted octanol–water partition coefficient (Wildman–Crippen LogP) is 4.81. The van der Waals surface area contributed by atoms with Gasteiger partial charge in [0.1, 0.15) is 6.04 Å². The van der Waals surface area contributed by atoms with Crippen molar-refractivity contribution < 1.29 is 9.59 Å².